The minimum Gasteiger partial charge on any atom is -0.352 e. The molecule has 2 aromatic rings. The third-order valence-electron chi connectivity index (χ3n) is 4.57. The smallest absolute Gasteiger partial charge is 0.251 e. The molecule has 3 nitrogen and oxygen atoms in total. The van der Waals surface area contributed by atoms with E-state index in [9.17, 15) is 9.18 Å². The van der Waals surface area contributed by atoms with Gasteiger partial charge in [-0.05, 0) is 61.7 Å². The lowest BCUT2D eigenvalue weighted by molar-refractivity contribution is 0.0935. The topological polar surface area (TPSA) is 32.3 Å². The number of carbonyl (C=O) groups is 1. The summed E-state index contributed by atoms with van der Waals surface area (Å²) in [6, 6.07) is 15.6. The molecule has 1 atom stereocenters. The van der Waals surface area contributed by atoms with Crippen molar-refractivity contribution in [2.45, 2.75) is 12.8 Å². The summed E-state index contributed by atoms with van der Waals surface area (Å²) < 4.78 is 12.9. The first-order chi connectivity index (χ1) is 12.7. The van der Waals surface area contributed by atoms with Crippen LogP contribution in [-0.4, -0.2) is 37.0 Å². The van der Waals surface area contributed by atoms with E-state index in [-0.39, 0.29) is 11.7 Å². The van der Waals surface area contributed by atoms with Crippen molar-refractivity contribution >= 4 is 5.91 Å². The maximum atomic E-state index is 12.9. The molecule has 134 valence electrons. The molecule has 1 N–H and O–H groups in total. The van der Waals surface area contributed by atoms with Gasteiger partial charge in [0.1, 0.15) is 5.82 Å². The van der Waals surface area contributed by atoms with Crippen molar-refractivity contribution < 1.29 is 9.18 Å². The SMILES string of the molecule is O=C(NCC1CCCN(CC#Cc2ccccc2)C1)c1ccc(F)cc1. The number of nitrogens with one attached hydrogen (secondary N) is 1. The van der Waals surface area contributed by atoms with Crippen molar-refractivity contribution in [1.82, 2.24) is 10.2 Å². The fourth-order valence-corrected chi connectivity index (χ4v) is 3.18. The first kappa shape index (κ1) is 18.2. The van der Waals surface area contributed by atoms with Crippen molar-refractivity contribution in [1.29, 1.82) is 0 Å². The second-order valence-electron chi connectivity index (χ2n) is 6.63. The minimum atomic E-state index is -0.332. The van der Waals surface area contributed by atoms with Gasteiger partial charge < -0.3 is 5.32 Å². The maximum absolute atomic E-state index is 12.9. The Kier molecular flexibility index (Phi) is 6.40. The number of carbonyl (C=O) groups excluding carboxylic acids is 1. The van der Waals surface area contributed by atoms with E-state index < -0.39 is 0 Å². The van der Waals surface area contributed by atoms with E-state index >= 15 is 0 Å². The van der Waals surface area contributed by atoms with E-state index in [1.54, 1.807) is 0 Å². The van der Waals surface area contributed by atoms with Crippen LogP contribution in [0.1, 0.15) is 28.8 Å². The van der Waals surface area contributed by atoms with Gasteiger partial charge in [0.05, 0.1) is 6.54 Å². The Hall–Kier alpha value is -2.64. The Morgan fingerprint density at radius 1 is 1.15 bits per heavy atom. The molecule has 1 aliphatic rings. The van der Waals surface area contributed by atoms with Gasteiger partial charge in [-0.25, -0.2) is 4.39 Å². The minimum absolute atomic E-state index is 0.147. The van der Waals surface area contributed by atoms with E-state index in [0.29, 0.717) is 18.0 Å². The third-order valence-corrected chi connectivity index (χ3v) is 4.57. The summed E-state index contributed by atoms with van der Waals surface area (Å²) in [4.78, 5) is 14.5. The number of piperidine rings is 1. The zero-order chi connectivity index (χ0) is 18.2. The number of amides is 1. The predicted octanol–water partition coefficient (Wildman–Crippen LogP) is 3.32. The first-order valence-electron chi connectivity index (χ1n) is 9.01. The summed E-state index contributed by atoms with van der Waals surface area (Å²) >= 11 is 0. The maximum Gasteiger partial charge on any atom is 0.251 e. The highest BCUT2D eigenvalue weighted by molar-refractivity contribution is 5.94. The lowest BCUT2D eigenvalue weighted by Crippen LogP contribution is -2.41. The average Bonchev–Trinajstić information content (AvgIpc) is 2.68. The molecule has 0 bridgehead atoms. The van der Waals surface area contributed by atoms with Crippen LogP contribution in [0.5, 0.6) is 0 Å². The van der Waals surface area contributed by atoms with Gasteiger partial charge in [0.15, 0.2) is 0 Å². The van der Waals surface area contributed by atoms with Crippen LogP contribution in [0.4, 0.5) is 4.39 Å². The number of halogens is 1. The molecule has 0 radical (unpaired) electrons. The van der Waals surface area contributed by atoms with Crippen molar-refractivity contribution in [3.05, 3.63) is 71.5 Å². The zero-order valence-electron chi connectivity index (χ0n) is 14.7. The molecule has 0 aromatic heterocycles. The number of hydrogen-bond acceptors (Lipinski definition) is 2. The number of benzene rings is 2. The Labute approximate surface area is 154 Å². The van der Waals surface area contributed by atoms with Crippen LogP contribution in [0.3, 0.4) is 0 Å². The van der Waals surface area contributed by atoms with Gasteiger partial charge in [0, 0.05) is 24.2 Å². The van der Waals surface area contributed by atoms with Crippen LogP contribution in [0, 0.1) is 23.6 Å². The van der Waals surface area contributed by atoms with Crippen LogP contribution in [0.15, 0.2) is 54.6 Å². The van der Waals surface area contributed by atoms with E-state index in [0.717, 1.165) is 38.0 Å². The quantitative estimate of drug-likeness (QED) is 0.858. The molecular weight excluding hydrogens is 327 g/mol. The van der Waals surface area contributed by atoms with Gasteiger partial charge in [-0.3, -0.25) is 9.69 Å². The predicted molar refractivity (Wildman–Crippen MR) is 101 cm³/mol. The second kappa shape index (κ2) is 9.17. The fourth-order valence-electron chi connectivity index (χ4n) is 3.18. The van der Waals surface area contributed by atoms with Gasteiger partial charge >= 0.3 is 0 Å². The molecule has 1 fully saturated rings. The molecule has 26 heavy (non-hydrogen) atoms. The molecular formula is C22H23FN2O. The number of likely N-dealkylation sites (tertiary alicyclic amines) is 1. The molecule has 1 heterocycles. The van der Waals surface area contributed by atoms with E-state index in [2.05, 4.69) is 22.1 Å². The van der Waals surface area contributed by atoms with E-state index in [1.165, 1.54) is 24.3 Å². The monoisotopic (exact) mass is 350 g/mol. The number of hydrogen-bond donors (Lipinski definition) is 1. The Morgan fingerprint density at radius 3 is 2.69 bits per heavy atom. The molecule has 4 heteroatoms. The molecule has 1 unspecified atom stereocenters. The van der Waals surface area contributed by atoms with Gasteiger partial charge in [-0.1, -0.05) is 30.0 Å². The summed E-state index contributed by atoms with van der Waals surface area (Å²) in [5, 5.41) is 2.97. The Morgan fingerprint density at radius 2 is 1.92 bits per heavy atom. The number of rotatable bonds is 4. The molecule has 2 aromatic carbocycles. The van der Waals surface area contributed by atoms with Crippen molar-refractivity contribution in [3.63, 3.8) is 0 Å². The molecule has 0 aliphatic carbocycles. The van der Waals surface area contributed by atoms with Crippen LogP contribution in [0.2, 0.25) is 0 Å². The first-order valence-corrected chi connectivity index (χ1v) is 9.01. The van der Waals surface area contributed by atoms with Crippen molar-refractivity contribution in [3.8, 4) is 11.8 Å². The molecule has 0 saturated carbocycles. The standard InChI is InChI=1S/C22H23FN2O/c23-21-12-10-20(11-13-21)22(26)24-16-19-9-5-15-25(17-19)14-4-8-18-6-2-1-3-7-18/h1-3,6-7,10-13,19H,5,9,14-17H2,(H,24,26). The Balaban J connectivity index is 1.45. The lowest BCUT2D eigenvalue weighted by Gasteiger charge is -2.31. The highest BCUT2D eigenvalue weighted by atomic mass is 19.1. The van der Waals surface area contributed by atoms with Crippen LogP contribution < -0.4 is 5.32 Å². The summed E-state index contributed by atoms with van der Waals surface area (Å²) in [6.07, 6.45) is 2.22. The van der Waals surface area contributed by atoms with Crippen molar-refractivity contribution in [2.75, 3.05) is 26.2 Å². The highest BCUT2D eigenvalue weighted by Crippen LogP contribution is 2.15. The highest BCUT2D eigenvalue weighted by Gasteiger charge is 2.20. The summed E-state index contributed by atoms with van der Waals surface area (Å²) in [7, 11) is 0. The van der Waals surface area contributed by atoms with Gasteiger partial charge in [-0.2, -0.15) is 0 Å². The second-order valence-corrected chi connectivity index (χ2v) is 6.63. The average molecular weight is 350 g/mol. The fraction of sp³-hybridized carbons (Fsp3) is 0.318. The zero-order valence-corrected chi connectivity index (χ0v) is 14.7. The van der Waals surface area contributed by atoms with E-state index in [4.69, 9.17) is 0 Å². The molecule has 3 rings (SSSR count). The van der Waals surface area contributed by atoms with Crippen molar-refractivity contribution in [2.24, 2.45) is 5.92 Å². The van der Waals surface area contributed by atoms with Crippen LogP contribution in [0.25, 0.3) is 0 Å². The van der Waals surface area contributed by atoms with Crippen LogP contribution >= 0.6 is 0 Å². The molecule has 1 aliphatic heterocycles. The van der Waals surface area contributed by atoms with Crippen LogP contribution in [-0.2, 0) is 0 Å². The van der Waals surface area contributed by atoms with Gasteiger partial charge in [-0.15, -0.1) is 0 Å². The lowest BCUT2D eigenvalue weighted by atomic mass is 9.98. The number of nitrogens with zero attached hydrogens (tertiary/aromatic N) is 1. The normalized spacial score (nSPS) is 17.2. The largest absolute Gasteiger partial charge is 0.352 e. The molecule has 1 amide bonds. The molecule has 0 spiro atoms. The van der Waals surface area contributed by atoms with Gasteiger partial charge in [0.2, 0.25) is 0 Å². The van der Waals surface area contributed by atoms with Gasteiger partial charge in [0.25, 0.3) is 5.91 Å². The molecule has 1 saturated heterocycles. The third kappa shape index (κ3) is 5.44. The summed E-state index contributed by atoms with van der Waals surface area (Å²) in [5.74, 6) is 6.38. The Bertz CT molecular complexity index is 777. The summed E-state index contributed by atoms with van der Waals surface area (Å²) in [6.45, 7) is 3.37. The van der Waals surface area contributed by atoms with E-state index in [1.807, 2.05) is 30.3 Å². The summed E-state index contributed by atoms with van der Waals surface area (Å²) in [5.41, 5.74) is 1.53.